The van der Waals surface area contributed by atoms with Crippen molar-refractivity contribution in [3.05, 3.63) is 12.2 Å². The summed E-state index contributed by atoms with van der Waals surface area (Å²) in [6.45, 7) is 3.69. The Kier molecular flexibility index (Phi) is 29.3. The molecule has 0 radical (unpaired) electrons. The van der Waals surface area contributed by atoms with Gasteiger partial charge >= 0.3 is 5.97 Å². The Hall–Kier alpha value is -1.15. The van der Waals surface area contributed by atoms with E-state index in [2.05, 4.69) is 19.1 Å². The number of hydrogen-bond acceptors (Lipinski definition) is 11. The first kappa shape index (κ1) is 41.9. The Balaban J connectivity index is 2.05. The lowest BCUT2D eigenvalue weighted by Gasteiger charge is -2.29. The zero-order valence-electron chi connectivity index (χ0n) is 28.0. The van der Waals surface area contributed by atoms with Crippen LogP contribution < -0.4 is 0 Å². The maximum absolute atomic E-state index is 12.0. The summed E-state index contributed by atoms with van der Waals surface area (Å²) >= 11 is 0. The van der Waals surface area contributed by atoms with Crippen LogP contribution in [0.3, 0.4) is 0 Å². The maximum atomic E-state index is 12.0. The monoisotopic (exact) mass is 648 g/mol. The topological polar surface area (TPSA) is 142 Å². The van der Waals surface area contributed by atoms with E-state index >= 15 is 0 Å². The molecule has 266 valence electrons. The molecular weight excluding hydrogens is 584 g/mol. The second-order valence-electron chi connectivity index (χ2n) is 11.4. The van der Waals surface area contributed by atoms with Gasteiger partial charge in [0.15, 0.2) is 0 Å². The molecule has 0 bridgehead atoms. The first-order valence-electron chi connectivity index (χ1n) is 17.4. The van der Waals surface area contributed by atoms with Crippen molar-refractivity contribution < 1.29 is 53.3 Å². The fraction of sp³-hybridized carbons (Fsp3) is 0.912. The Labute approximate surface area is 271 Å². The van der Waals surface area contributed by atoms with Gasteiger partial charge in [-0.1, -0.05) is 70.4 Å². The number of ether oxygens (including phenoxy) is 7. The number of rotatable bonds is 33. The standard InChI is InChI=1S/C34H64O11/c1-2-3-4-5-6-7-8-9-10-11-12-13-14-15-16-17-32(38)43-27-26-39-24-25-40-28-30(41-21-18-35)34-33(44-23-20-37)31(29-45-34)42-22-19-36/h9-10,30-31,33-37H,2-8,11-29H2,1H3/b10-9+. The zero-order chi connectivity index (χ0) is 32.6. The Morgan fingerprint density at radius 1 is 0.733 bits per heavy atom. The minimum atomic E-state index is -0.541. The highest BCUT2D eigenvalue weighted by molar-refractivity contribution is 5.69. The molecule has 1 aliphatic rings. The van der Waals surface area contributed by atoms with Gasteiger partial charge in [-0.15, -0.1) is 0 Å². The molecule has 45 heavy (non-hydrogen) atoms. The number of unbranched alkanes of at least 4 members (excludes halogenated alkanes) is 11. The van der Waals surface area contributed by atoms with Crippen LogP contribution >= 0.6 is 0 Å². The fourth-order valence-electron chi connectivity index (χ4n) is 5.15. The van der Waals surface area contributed by atoms with Crippen LogP contribution in [0.4, 0.5) is 0 Å². The number of hydrogen-bond donors (Lipinski definition) is 3. The molecule has 0 amide bonds. The van der Waals surface area contributed by atoms with Crippen molar-refractivity contribution in [2.24, 2.45) is 0 Å². The van der Waals surface area contributed by atoms with E-state index < -0.39 is 24.4 Å². The van der Waals surface area contributed by atoms with Crippen molar-refractivity contribution in [2.45, 2.75) is 121 Å². The number of esters is 1. The maximum Gasteiger partial charge on any atom is 0.305 e. The Morgan fingerprint density at radius 2 is 1.33 bits per heavy atom. The largest absolute Gasteiger partial charge is 0.463 e. The summed E-state index contributed by atoms with van der Waals surface area (Å²) in [5, 5.41) is 27.5. The van der Waals surface area contributed by atoms with E-state index in [9.17, 15) is 15.0 Å². The van der Waals surface area contributed by atoms with Gasteiger partial charge < -0.3 is 48.5 Å². The first-order valence-corrected chi connectivity index (χ1v) is 17.4. The second kappa shape index (κ2) is 31.4. The predicted octanol–water partition coefficient (Wildman–Crippen LogP) is 4.13. The third-order valence-corrected chi connectivity index (χ3v) is 7.55. The zero-order valence-corrected chi connectivity index (χ0v) is 28.0. The van der Waals surface area contributed by atoms with Crippen LogP contribution in [-0.4, -0.2) is 125 Å². The quantitative estimate of drug-likeness (QED) is 0.0537. The van der Waals surface area contributed by atoms with Crippen LogP contribution in [0.1, 0.15) is 96.8 Å². The number of aliphatic hydroxyl groups excluding tert-OH is 3. The van der Waals surface area contributed by atoms with E-state index in [-0.39, 0.29) is 65.4 Å². The summed E-state index contributed by atoms with van der Waals surface area (Å²) in [5.41, 5.74) is 0. The molecule has 4 unspecified atom stereocenters. The van der Waals surface area contributed by atoms with Crippen LogP contribution in [0.2, 0.25) is 0 Å². The second-order valence-corrected chi connectivity index (χ2v) is 11.4. The van der Waals surface area contributed by atoms with Gasteiger partial charge in [-0.3, -0.25) is 4.79 Å². The molecule has 3 N–H and O–H groups in total. The van der Waals surface area contributed by atoms with E-state index in [1.807, 2.05) is 0 Å². The predicted molar refractivity (Wildman–Crippen MR) is 172 cm³/mol. The van der Waals surface area contributed by atoms with Crippen molar-refractivity contribution in [3.63, 3.8) is 0 Å². The van der Waals surface area contributed by atoms with Gasteiger partial charge in [0.25, 0.3) is 0 Å². The van der Waals surface area contributed by atoms with Crippen molar-refractivity contribution in [3.8, 4) is 0 Å². The third kappa shape index (κ3) is 22.9. The summed E-state index contributed by atoms with van der Waals surface area (Å²) in [7, 11) is 0. The lowest BCUT2D eigenvalue weighted by Crippen LogP contribution is -2.45. The molecule has 0 aliphatic carbocycles. The van der Waals surface area contributed by atoms with E-state index in [4.69, 9.17) is 38.3 Å². The molecule has 0 spiro atoms. The molecule has 1 aliphatic heterocycles. The molecular formula is C34H64O11. The molecule has 4 atom stereocenters. The van der Waals surface area contributed by atoms with Crippen LogP contribution in [0, 0.1) is 0 Å². The van der Waals surface area contributed by atoms with Gasteiger partial charge in [-0.25, -0.2) is 0 Å². The molecule has 1 fully saturated rings. The van der Waals surface area contributed by atoms with Crippen molar-refractivity contribution in [1.29, 1.82) is 0 Å². The first-order chi connectivity index (χ1) is 22.2. The number of carbonyl (C=O) groups excluding carboxylic acids is 1. The van der Waals surface area contributed by atoms with Crippen LogP contribution in [0.5, 0.6) is 0 Å². The van der Waals surface area contributed by atoms with Crippen LogP contribution in [-0.2, 0) is 38.0 Å². The minimum absolute atomic E-state index is 0.0988. The highest BCUT2D eigenvalue weighted by Crippen LogP contribution is 2.25. The van der Waals surface area contributed by atoms with Crippen molar-refractivity contribution in [1.82, 2.24) is 0 Å². The van der Waals surface area contributed by atoms with Gasteiger partial charge in [0.1, 0.15) is 31.0 Å². The summed E-state index contributed by atoms with van der Waals surface area (Å²) in [5.74, 6) is -0.188. The SMILES string of the molecule is CCCCCCCC/C=C/CCCCCCCC(=O)OCCOCCOCC(OCCO)C1OCC(OCCO)C1OCCO. The Bertz CT molecular complexity index is 679. The third-order valence-electron chi connectivity index (χ3n) is 7.55. The van der Waals surface area contributed by atoms with Gasteiger partial charge in [0.05, 0.1) is 72.7 Å². The summed E-state index contributed by atoms with van der Waals surface area (Å²) in [4.78, 5) is 12.0. The van der Waals surface area contributed by atoms with Gasteiger partial charge in [0.2, 0.25) is 0 Å². The summed E-state index contributed by atoms with van der Waals surface area (Å²) in [6.07, 6.45) is 19.0. The smallest absolute Gasteiger partial charge is 0.305 e. The lowest BCUT2D eigenvalue weighted by molar-refractivity contribution is -0.146. The number of aliphatic hydroxyl groups is 3. The molecule has 0 saturated carbocycles. The average molecular weight is 649 g/mol. The summed E-state index contributed by atoms with van der Waals surface area (Å²) < 4.78 is 39.5. The normalized spacial score (nSPS) is 19.1. The van der Waals surface area contributed by atoms with Crippen molar-refractivity contribution >= 4 is 5.97 Å². The van der Waals surface area contributed by atoms with Gasteiger partial charge in [0, 0.05) is 6.42 Å². The van der Waals surface area contributed by atoms with Crippen LogP contribution in [0.15, 0.2) is 12.2 Å². The van der Waals surface area contributed by atoms with Crippen molar-refractivity contribution in [2.75, 3.05) is 79.3 Å². The van der Waals surface area contributed by atoms with Gasteiger partial charge in [-0.2, -0.15) is 0 Å². The highest BCUT2D eigenvalue weighted by atomic mass is 16.6. The molecule has 11 nitrogen and oxygen atoms in total. The summed E-state index contributed by atoms with van der Waals surface area (Å²) in [6, 6.07) is 0. The van der Waals surface area contributed by atoms with E-state index in [0.717, 1.165) is 25.7 Å². The van der Waals surface area contributed by atoms with E-state index in [1.165, 1.54) is 57.8 Å². The molecule has 1 saturated heterocycles. The minimum Gasteiger partial charge on any atom is -0.463 e. The van der Waals surface area contributed by atoms with Crippen LogP contribution in [0.25, 0.3) is 0 Å². The molecule has 1 rings (SSSR count). The lowest BCUT2D eigenvalue weighted by atomic mass is 10.1. The Morgan fingerprint density at radius 3 is 2.02 bits per heavy atom. The average Bonchev–Trinajstić information content (AvgIpc) is 3.45. The number of allylic oxidation sites excluding steroid dienone is 2. The fourth-order valence-corrected chi connectivity index (χ4v) is 5.15. The van der Waals surface area contributed by atoms with E-state index in [0.29, 0.717) is 26.2 Å². The molecule has 11 heteroatoms. The molecule has 1 heterocycles. The molecule has 0 aromatic carbocycles. The highest BCUT2D eigenvalue weighted by Gasteiger charge is 2.44. The van der Waals surface area contributed by atoms with Gasteiger partial charge in [-0.05, 0) is 32.1 Å². The number of carbonyl (C=O) groups is 1. The van der Waals surface area contributed by atoms with E-state index in [1.54, 1.807) is 0 Å². The molecule has 0 aromatic rings. The molecule has 0 aromatic heterocycles.